The van der Waals surface area contributed by atoms with Crippen molar-refractivity contribution in [2.45, 2.75) is 24.9 Å². The second kappa shape index (κ2) is 17.0. The summed E-state index contributed by atoms with van der Waals surface area (Å²) in [5, 5.41) is 0.354. The molecule has 0 bridgehead atoms. The number of hydrogen-bond donors (Lipinski definition) is 0. The van der Waals surface area contributed by atoms with Crippen molar-refractivity contribution in [1.82, 2.24) is 9.97 Å². The number of furan rings is 3. The van der Waals surface area contributed by atoms with Gasteiger partial charge >= 0.3 is 31.8 Å². The molecule has 0 amide bonds. The van der Waals surface area contributed by atoms with Crippen LogP contribution in [0.15, 0.2) is 192 Å². The van der Waals surface area contributed by atoms with Gasteiger partial charge in [0.25, 0.3) is 0 Å². The van der Waals surface area contributed by atoms with Gasteiger partial charge in [-0.25, -0.2) is 4.99 Å². The Morgan fingerprint density at radius 2 is 0.985 bits per heavy atom. The maximum Gasteiger partial charge on any atom is 2.00 e. The van der Waals surface area contributed by atoms with Crippen molar-refractivity contribution in [3.05, 3.63) is 197 Å². The molecule has 9 aromatic rings. The minimum Gasteiger partial charge on any atom is -0.654 e. The monoisotopic (exact) mass is 952 g/mol. The van der Waals surface area contributed by atoms with Crippen LogP contribution in [0.4, 0.5) is 26.3 Å². The summed E-state index contributed by atoms with van der Waals surface area (Å²) in [5.41, 5.74) is 2.92. The number of nitrogens with zero attached hydrogens (tertiary/aromatic N) is 4. The van der Waals surface area contributed by atoms with Crippen LogP contribution in [-0.2, 0) is 24.2 Å². The molecule has 3 aliphatic rings. The van der Waals surface area contributed by atoms with E-state index in [0.717, 1.165) is 22.3 Å². The van der Waals surface area contributed by atoms with Gasteiger partial charge in [-0.3, -0.25) is 4.99 Å². The normalized spacial score (nSPS) is 16.8. The first kappa shape index (κ1) is 43.3. The van der Waals surface area contributed by atoms with Crippen LogP contribution in [0.1, 0.15) is 23.4 Å². The number of aliphatic imine (C=N–C) groups is 1. The molecule has 8 heterocycles. The predicted molar refractivity (Wildman–Crippen MR) is 237 cm³/mol. The SMILES string of the molecule is FC(F)(F)/C(=C1\C=c2oc(-c3ccccc3)cc2=N1)c1cc2oc(-c3ccccc3)cc2[n-]1.FC(F)(F)/C(=C1\CC2OC(c3ccccc3)=CC2=N1)c1cc2oc(-c3ccccc3)cc2[n-]1.[Zn+2]. The first-order valence-electron chi connectivity index (χ1n) is 20.6. The van der Waals surface area contributed by atoms with Crippen molar-refractivity contribution in [2.24, 2.45) is 9.98 Å². The molecular formula is C52H30F6N4O4Zn. The summed E-state index contributed by atoms with van der Waals surface area (Å²) >= 11 is 0. The summed E-state index contributed by atoms with van der Waals surface area (Å²) in [6.07, 6.45) is -6.78. The van der Waals surface area contributed by atoms with Crippen LogP contribution in [0, 0.1) is 0 Å². The van der Waals surface area contributed by atoms with Gasteiger partial charge in [0.15, 0.2) is 5.42 Å². The van der Waals surface area contributed by atoms with E-state index in [2.05, 4.69) is 20.0 Å². The number of ether oxygens (including phenoxy) is 1. The maximum atomic E-state index is 14.1. The molecule has 0 radical (unpaired) electrons. The van der Waals surface area contributed by atoms with E-state index in [9.17, 15) is 26.3 Å². The Morgan fingerprint density at radius 3 is 1.43 bits per heavy atom. The van der Waals surface area contributed by atoms with Gasteiger partial charge in [0.05, 0.1) is 28.3 Å². The Hall–Kier alpha value is -7.64. The minimum absolute atomic E-state index is 0. The smallest absolute Gasteiger partial charge is 0.654 e. The second-order valence-electron chi connectivity index (χ2n) is 15.5. The van der Waals surface area contributed by atoms with Crippen molar-refractivity contribution >= 4 is 50.9 Å². The molecule has 0 saturated carbocycles. The van der Waals surface area contributed by atoms with Gasteiger partial charge in [-0.2, -0.15) is 26.3 Å². The fourth-order valence-corrected chi connectivity index (χ4v) is 8.13. The van der Waals surface area contributed by atoms with E-state index in [0.29, 0.717) is 50.7 Å². The zero-order valence-electron chi connectivity index (χ0n) is 34.8. The molecule has 3 aliphatic heterocycles. The summed E-state index contributed by atoms with van der Waals surface area (Å²) in [5.74, 6) is 2.27. The first-order chi connectivity index (χ1) is 31.9. The van der Waals surface area contributed by atoms with Crippen molar-refractivity contribution < 1.29 is 63.8 Å². The molecule has 8 nitrogen and oxygen atoms in total. The van der Waals surface area contributed by atoms with Crippen molar-refractivity contribution in [3.63, 3.8) is 0 Å². The third kappa shape index (κ3) is 8.42. The number of halogens is 6. The summed E-state index contributed by atoms with van der Waals surface area (Å²) in [6, 6.07) is 44.9. The summed E-state index contributed by atoms with van der Waals surface area (Å²) < 4.78 is 108. The Labute approximate surface area is 388 Å². The van der Waals surface area contributed by atoms with Gasteiger partial charge in [-0.15, -0.1) is 11.4 Å². The molecular weight excluding hydrogens is 924 g/mol. The van der Waals surface area contributed by atoms with Gasteiger partial charge < -0.3 is 28.0 Å². The van der Waals surface area contributed by atoms with Gasteiger partial charge in [-0.05, 0) is 24.3 Å². The Kier molecular flexibility index (Phi) is 11.0. The first-order valence-corrected chi connectivity index (χ1v) is 20.6. The summed E-state index contributed by atoms with van der Waals surface area (Å²) in [7, 11) is 0. The van der Waals surface area contributed by atoms with E-state index in [4.69, 9.17) is 18.0 Å². The number of rotatable bonds is 6. The van der Waals surface area contributed by atoms with Crippen molar-refractivity contribution in [3.8, 4) is 34.0 Å². The van der Waals surface area contributed by atoms with E-state index < -0.39 is 29.6 Å². The number of hydrogen-bond acceptors (Lipinski definition) is 6. The van der Waals surface area contributed by atoms with Crippen molar-refractivity contribution in [1.29, 1.82) is 0 Å². The quantitative estimate of drug-likeness (QED) is 0.122. The number of alkyl halides is 6. The predicted octanol–water partition coefficient (Wildman–Crippen LogP) is 12.3. The van der Waals surface area contributed by atoms with Crippen molar-refractivity contribution in [2.75, 3.05) is 0 Å². The van der Waals surface area contributed by atoms with Crippen LogP contribution in [-0.4, -0.2) is 24.2 Å². The molecule has 326 valence electrons. The van der Waals surface area contributed by atoms with Gasteiger partial charge in [0.2, 0.25) is 0 Å². The fraction of sp³-hybridized carbons (Fsp3) is 0.0769. The summed E-state index contributed by atoms with van der Waals surface area (Å²) in [4.78, 5) is 16.9. The standard InChI is InChI=1S/C26H16F3N2O2.C26H14F3N2O2.Zn/c2*27-26(28,29)25(19-13-23-17(30-19)11-21(32-23)15-7-3-1-4-8-15)20-14-24-18(31-20)12-22(33-24)16-9-5-2-6-10-16;/h1-13,24H,14H2;1-14H;/q2*-1;+2/b25-20+;25-19+;. The number of benzene rings is 4. The number of allylic oxidation sites excluding steroid dienone is 3. The molecule has 1 atom stereocenters. The molecule has 0 spiro atoms. The zero-order valence-corrected chi connectivity index (χ0v) is 37.7. The van der Waals surface area contributed by atoms with Gasteiger partial charge in [0.1, 0.15) is 45.7 Å². The fourth-order valence-electron chi connectivity index (χ4n) is 8.13. The van der Waals surface area contributed by atoms with E-state index in [-0.39, 0.29) is 59.7 Å². The van der Waals surface area contributed by atoms with Crippen LogP contribution in [0.2, 0.25) is 0 Å². The molecule has 15 heteroatoms. The van der Waals surface area contributed by atoms with Crippen LogP contribution in [0.5, 0.6) is 0 Å². The van der Waals surface area contributed by atoms with Crippen LogP contribution < -0.4 is 20.7 Å². The second-order valence-corrected chi connectivity index (χ2v) is 15.5. The van der Waals surface area contributed by atoms with Crippen LogP contribution in [0.25, 0.3) is 79.2 Å². The van der Waals surface area contributed by atoms with Crippen LogP contribution >= 0.6 is 0 Å². The maximum absolute atomic E-state index is 14.1. The molecule has 5 aromatic heterocycles. The van der Waals surface area contributed by atoms with Crippen LogP contribution in [0.3, 0.4) is 0 Å². The third-order valence-corrected chi connectivity index (χ3v) is 11.1. The molecule has 12 rings (SSSR count). The van der Waals surface area contributed by atoms with E-state index in [1.165, 1.54) is 18.2 Å². The molecule has 1 unspecified atom stereocenters. The zero-order chi connectivity index (χ0) is 45.2. The molecule has 0 fully saturated rings. The van der Waals surface area contributed by atoms with Gasteiger partial charge in [-0.1, -0.05) is 132 Å². The number of aromatic nitrogens is 2. The molecule has 67 heavy (non-hydrogen) atoms. The van der Waals surface area contributed by atoms with E-state index >= 15 is 0 Å². The molecule has 0 N–H and O–H groups in total. The molecule has 4 aromatic carbocycles. The molecule has 0 saturated heterocycles. The largest absolute Gasteiger partial charge is 2.00 e. The average Bonchev–Trinajstić information content (AvgIpc) is 4.16. The average molecular weight is 954 g/mol. The summed E-state index contributed by atoms with van der Waals surface area (Å²) in [6.45, 7) is 0. The Balaban J connectivity index is 0.000000154. The van der Waals surface area contributed by atoms with E-state index in [1.807, 2.05) is 121 Å². The third-order valence-electron chi connectivity index (χ3n) is 11.1. The molecule has 0 aliphatic carbocycles. The van der Waals surface area contributed by atoms with E-state index in [1.54, 1.807) is 24.3 Å². The minimum atomic E-state index is -4.66. The number of fused-ring (bicyclic) bond motifs is 4. The Morgan fingerprint density at radius 1 is 0.522 bits per heavy atom. The topological polar surface area (TPSA) is 102 Å². The van der Waals surface area contributed by atoms with Gasteiger partial charge in [0, 0.05) is 46.9 Å². The Bertz CT molecular complexity index is 3460.